The van der Waals surface area contributed by atoms with Gasteiger partial charge in [0.2, 0.25) is 5.82 Å². The minimum Gasteiger partial charge on any atom is -0.503 e. The molecule has 2 aromatic rings. The first-order valence-electron chi connectivity index (χ1n) is 8.34. The van der Waals surface area contributed by atoms with Gasteiger partial charge < -0.3 is 19.3 Å². The highest BCUT2D eigenvalue weighted by Gasteiger charge is 2.33. The number of rotatable bonds is 3. The van der Waals surface area contributed by atoms with Gasteiger partial charge in [0, 0.05) is 13.1 Å². The fourth-order valence-corrected chi connectivity index (χ4v) is 2.83. The number of carbonyl (C=O) groups excluding carboxylic acids is 1. The third-order valence-corrected chi connectivity index (χ3v) is 4.30. The Kier molecular flexibility index (Phi) is 5.09. The molecule has 0 saturated carbocycles. The Balaban J connectivity index is 1.87. The Bertz CT molecular complexity index is 871. The molecule has 1 aliphatic rings. The number of halogens is 3. The first kappa shape index (κ1) is 19.2. The number of hydrogen-bond donors (Lipinski definition) is 1. The summed E-state index contributed by atoms with van der Waals surface area (Å²) in [4.78, 5) is 17.9. The van der Waals surface area contributed by atoms with E-state index < -0.39 is 40.6 Å². The lowest BCUT2D eigenvalue weighted by Gasteiger charge is -2.38. The van der Waals surface area contributed by atoms with Crippen LogP contribution in [0.4, 0.5) is 13.2 Å². The minimum absolute atomic E-state index is 0.162. The normalized spacial score (nSPS) is 20.3. The number of amides is 1. The Morgan fingerprint density at radius 1 is 1.30 bits per heavy atom. The molecule has 0 spiro atoms. The average molecular weight is 385 g/mol. The molecule has 2 atom stereocenters. The van der Waals surface area contributed by atoms with Crippen LogP contribution in [0.1, 0.15) is 31.4 Å². The van der Waals surface area contributed by atoms with E-state index in [0.29, 0.717) is 19.2 Å². The fraction of sp³-hybridized carbons (Fsp3) is 0.471. The van der Waals surface area contributed by atoms with Gasteiger partial charge in [-0.3, -0.25) is 4.79 Å². The van der Waals surface area contributed by atoms with Crippen LogP contribution in [0.15, 0.2) is 10.6 Å². The van der Waals surface area contributed by atoms with Gasteiger partial charge in [0.15, 0.2) is 17.4 Å². The van der Waals surface area contributed by atoms with E-state index in [-0.39, 0.29) is 24.0 Å². The molecule has 0 bridgehead atoms. The number of morpholine rings is 1. The Labute approximate surface area is 152 Å². The van der Waals surface area contributed by atoms with E-state index in [9.17, 15) is 23.1 Å². The SMILES string of the molecule is CC(C)[C@H]1CN(C(=O)c2noc(-c3cc(F)c(F)c(O)c3F)n2)C[C@@H](C)O1. The molecule has 1 saturated heterocycles. The summed E-state index contributed by atoms with van der Waals surface area (Å²) in [6.07, 6.45) is -0.355. The number of ether oxygens (including phenoxy) is 1. The molecule has 3 rings (SSSR count). The second-order valence-corrected chi connectivity index (χ2v) is 6.74. The summed E-state index contributed by atoms with van der Waals surface area (Å²) >= 11 is 0. The average Bonchev–Trinajstić information content (AvgIpc) is 3.11. The van der Waals surface area contributed by atoms with Gasteiger partial charge in [0.25, 0.3) is 17.6 Å². The van der Waals surface area contributed by atoms with Crippen molar-refractivity contribution in [3.05, 3.63) is 29.3 Å². The minimum atomic E-state index is -1.73. The molecule has 1 fully saturated rings. The number of phenols is 1. The van der Waals surface area contributed by atoms with Gasteiger partial charge in [-0.25, -0.2) is 8.78 Å². The summed E-state index contributed by atoms with van der Waals surface area (Å²) in [5, 5.41) is 12.8. The van der Waals surface area contributed by atoms with Gasteiger partial charge in [-0.05, 0) is 18.9 Å². The summed E-state index contributed by atoms with van der Waals surface area (Å²) in [7, 11) is 0. The van der Waals surface area contributed by atoms with E-state index in [1.54, 1.807) is 0 Å². The Morgan fingerprint density at radius 2 is 2.00 bits per heavy atom. The molecule has 10 heteroatoms. The summed E-state index contributed by atoms with van der Waals surface area (Å²) in [5.74, 6) is -7.46. The van der Waals surface area contributed by atoms with Gasteiger partial charge >= 0.3 is 0 Å². The summed E-state index contributed by atoms with van der Waals surface area (Å²) in [6, 6.07) is 0.470. The van der Waals surface area contributed by atoms with Crippen molar-refractivity contribution in [2.75, 3.05) is 13.1 Å². The molecule has 146 valence electrons. The highest BCUT2D eigenvalue weighted by Crippen LogP contribution is 2.31. The zero-order valence-corrected chi connectivity index (χ0v) is 14.9. The van der Waals surface area contributed by atoms with Crippen LogP contribution in [0.25, 0.3) is 11.5 Å². The molecule has 0 radical (unpaired) electrons. The van der Waals surface area contributed by atoms with Gasteiger partial charge in [-0.2, -0.15) is 9.37 Å². The van der Waals surface area contributed by atoms with E-state index in [0.717, 1.165) is 0 Å². The van der Waals surface area contributed by atoms with Crippen LogP contribution in [-0.4, -0.2) is 51.4 Å². The molecule has 1 amide bonds. The quantitative estimate of drug-likeness (QED) is 0.818. The van der Waals surface area contributed by atoms with Gasteiger partial charge in [-0.15, -0.1) is 0 Å². The number of nitrogens with zero attached hydrogens (tertiary/aromatic N) is 3. The molecule has 1 aliphatic heterocycles. The van der Waals surface area contributed by atoms with Crippen molar-refractivity contribution in [2.24, 2.45) is 5.92 Å². The third-order valence-electron chi connectivity index (χ3n) is 4.30. The van der Waals surface area contributed by atoms with Gasteiger partial charge in [0.05, 0.1) is 17.8 Å². The van der Waals surface area contributed by atoms with Crippen molar-refractivity contribution in [3.8, 4) is 17.2 Å². The Hall–Kier alpha value is -2.62. The number of carbonyl (C=O) groups is 1. The third kappa shape index (κ3) is 3.61. The first-order valence-corrected chi connectivity index (χ1v) is 8.34. The van der Waals surface area contributed by atoms with Crippen molar-refractivity contribution in [1.82, 2.24) is 15.0 Å². The maximum atomic E-state index is 14.0. The monoisotopic (exact) mass is 385 g/mol. The number of phenolic OH excluding ortho intramolecular Hbond substituents is 1. The molecule has 0 aliphatic carbocycles. The second kappa shape index (κ2) is 7.18. The summed E-state index contributed by atoms with van der Waals surface area (Å²) in [6.45, 7) is 6.40. The standard InChI is InChI=1S/C17H18F3N3O4/c1-7(2)11-6-23(5-8(3)26-11)17(25)15-21-16(27-22-15)9-4-10(18)13(20)14(24)12(9)19/h4,7-8,11,24H,5-6H2,1-3H3/t8-,11-/m1/s1. The topological polar surface area (TPSA) is 88.7 Å². The van der Waals surface area contributed by atoms with Crippen LogP contribution in [0.2, 0.25) is 0 Å². The smallest absolute Gasteiger partial charge is 0.295 e. The van der Waals surface area contributed by atoms with Gasteiger partial charge in [-0.1, -0.05) is 19.0 Å². The molecule has 1 aromatic carbocycles. The predicted molar refractivity (Wildman–Crippen MR) is 86.3 cm³/mol. The molecule has 2 heterocycles. The van der Waals surface area contributed by atoms with Crippen LogP contribution in [0.5, 0.6) is 5.75 Å². The zero-order valence-electron chi connectivity index (χ0n) is 14.9. The van der Waals surface area contributed by atoms with Crippen LogP contribution >= 0.6 is 0 Å². The zero-order chi connectivity index (χ0) is 19.9. The first-order chi connectivity index (χ1) is 12.7. The van der Waals surface area contributed by atoms with Crippen LogP contribution in [-0.2, 0) is 4.74 Å². The lowest BCUT2D eigenvalue weighted by atomic mass is 10.0. The van der Waals surface area contributed by atoms with E-state index >= 15 is 0 Å². The molecule has 27 heavy (non-hydrogen) atoms. The number of benzene rings is 1. The fourth-order valence-electron chi connectivity index (χ4n) is 2.83. The number of aromatic hydroxyl groups is 1. The van der Waals surface area contributed by atoms with Crippen molar-refractivity contribution in [2.45, 2.75) is 33.0 Å². The predicted octanol–water partition coefficient (Wildman–Crippen LogP) is 2.75. The summed E-state index contributed by atoms with van der Waals surface area (Å²) in [5.41, 5.74) is -0.645. The van der Waals surface area contributed by atoms with Crippen molar-refractivity contribution in [3.63, 3.8) is 0 Å². The molecule has 1 aromatic heterocycles. The molecule has 0 unspecified atom stereocenters. The van der Waals surface area contributed by atoms with Crippen LogP contribution in [0, 0.1) is 23.4 Å². The number of hydrogen-bond acceptors (Lipinski definition) is 6. The molecular weight excluding hydrogens is 367 g/mol. The van der Waals surface area contributed by atoms with E-state index in [1.807, 2.05) is 20.8 Å². The second-order valence-electron chi connectivity index (χ2n) is 6.74. The molecular formula is C17H18F3N3O4. The molecule has 7 nitrogen and oxygen atoms in total. The highest BCUT2D eigenvalue weighted by molar-refractivity contribution is 5.90. The Morgan fingerprint density at radius 3 is 2.67 bits per heavy atom. The van der Waals surface area contributed by atoms with Crippen LogP contribution < -0.4 is 0 Å². The molecule has 1 N–H and O–H groups in total. The van der Waals surface area contributed by atoms with Crippen molar-refractivity contribution >= 4 is 5.91 Å². The van der Waals surface area contributed by atoms with Crippen molar-refractivity contribution < 1.29 is 32.3 Å². The maximum Gasteiger partial charge on any atom is 0.295 e. The van der Waals surface area contributed by atoms with Crippen LogP contribution in [0.3, 0.4) is 0 Å². The highest BCUT2D eigenvalue weighted by atomic mass is 19.2. The largest absolute Gasteiger partial charge is 0.503 e. The van der Waals surface area contributed by atoms with E-state index in [1.165, 1.54) is 4.90 Å². The summed E-state index contributed by atoms with van der Waals surface area (Å²) < 4.78 is 51.2. The number of aromatic nitrogens is 2. The van der Waals surface area contributed by atoms with Crippen molar-refractivity contribution in [1.29, 1.82) is 0 Å². The van der Waals surface area contributed by atoms with E-state index in [4.69, 9.17) is 9.26 Å². The lowest BCUT2D eigenvalue weighted by molar-refractivity contribution is -0.0857. The lowest BCUT2D eigenvalue weighted by Crippen LogP contribution is -2.51. The maximum absolute atomic E-state index is 14.0. The van der Waals surface area contributed by atoms with Gasteiger partial charge in [0.1, 0.15) is 0 Å². The van der Waals surface area contributed by atoms with E-state index in [2.05, 4.69) is 10.1 Å².